The van der Waals surface area contributed by atoms with Crippen LogP contribution in [0.1, 0.15) is 12.8 Å². The van der Waals surface area contributed by atoms with Crippen molar-refractivity contribution in [2.45, 2.75) is 31.7 Å². The highest BCUT2D eigenvalue weighted by atomic mass is 19.4. The number of pyridine rings is 1. The predicted molar refractivity (Wildman–Crippen MR) is 158 cm³/mol. The summed E-state index contributed by atoms with van der Waals surface area (Å²) in [6.07, 6.45) is 5.40. The maximum atomic E-state index is 13.3. The smallest absolute Gasteiger partial charge is 0.475 e. The van der Waals surface area contributed by atoms with Gasteiger partial charge in [-0.2, -0.15) is 23.1 Å². The fourth-order valence-corrected chi connectivity index (χ4v) is 4.57. The Morgan fingerprint density at radius 2 is 1.93 bits per heavy atom. The number of nitrogens with one attached hydrogen (secondary N) is 2. The molecular formula is C29H28F3N9O4. The second-order valence-corrected chi connectivity index (χ2v) is 9.77. The number of halogens is 3. The van der Waals surface area contributed by atoms with Crippen LogP contribution in [0.15, 0.2) is 84.8 Å². The minimum absolute atomic E-state index is 0.104. The molecule has 234 valence electrons. The van der Waals surface area contributed by atoms with E-state index in [0.29, 0.717) is 28.7 Å². The van der Waals surface area contributed by atoms with Gasteiger partial charge in [-0.05, 0) is 50.2 Å². The van der Waals surface area contributed by atoms with E-state index < -0.39 is 12.1 Å². The number of fused-ring (bicyclic) bond motifs is 1. The van der Waals surface area contributed by atoms with Gasteiger partial charge in [-0.1, -0.05) is 18.2 Å². The minimum Gasteiger partial charge on any atom is -0.475 e. The molecule has 13 nitrogen and oxygen atoms in total. The number of rotatable bonds is 8. The van der Waals surface area contributed by atoms with E-state index in [0.717, 1.165) is 37.3 Å². The average Bonchev–Trinajstić information content (AvgIpc) is 3.65. The molecule has 5 aromatic rings. The Morgan fingerprint density at radius 3 is 2.62 bits per heavy atom. The number of ether oxygens (including phenoxy) is 1. The van der Waals surface area contributed by atoms with Crippen LogP contribution < -0.4 is 20.9 Å². The van der Waals surface area contributed by atoms with Gasteiger partial charge >= 0.3 is 12.1 Å². The number of piperidine rings is 1. The molecule has 1 aliphatic rings. The van der Waals surface area contributed by atoms with Crippen LogP contribution in [0, 0.1) is 0 Å². The molecule has 0 bridgehead atoms. The Labute approximate surface area is 253 Å². The molecule has 1 saturated heterocycles. The number of anilines is 2. The lowest BCUT2D eigenvalue weighted by Gasteiger charge is -2.23. The molecule has 1 fully saturated rings. The first-order chi connectivity index (χ1) is 21.6. The summed E-state index contributed by atoms with van der Waals surface area (Å²) in [6, 6.07) is 13.3. The third-order valence-electron chi connectivity index (χ3n) is 6.62. The van der Waals surface area contributed by atoms with Crippen LogP contribution in [0.5, 0.6) is 5.88 Å². The van der Waals surface area contributed by atoms with Gasteiger partial charge in [0, 0.05) is 36.0 Å². The van der Waals surface area contributed by atoms with E-state index >= 15 is 0 Å². The van der Waals surface area contributed by atoms with Crippen LogP contribution in [-0.4, -0.2) is 70.3 Å². The molecular weight excluding hydrogens is 595 g/mol. The number of alkyl halides is 3. The lowest BCUT2D eigenvalue weighted by Crippen LogP contribution is -2.34. The van der Waals surface area contributed by atoms with Gasteiger partial charge in [0.05, 0.1) is 12.9 Å². The number of hydrogen-bond donors (Lipinski definition) is 3. The molecule has 1 aliphatic heterocycles. The quantitative estimate of drug-likeness (QED) is 0.217. The Morgan fingerprint density at radius 1 is 1.18 bits per heavy atom. The zero-order valence-electron chi connectivity index (χ0n) is 23.7. The zero-order chi connectivity index (χ0) is 32.0. The van der Waals surface area contributed by atoms with Crippen LogP contribution in [0.2, 0.25) is 0 Å². The molecule has 1 aromatic carbocycles. The van der Waals surface area contributed by atoms with Crippen molar-refractivity contribution in [3.8, 4) is 17.4 Å². The van der Waals surface area contributed by atoms with Crippen molar-refractivity contribution in [3.63, 3.8) is 0 Å². The van der Waals surface area contributed by atoms with Crippen molar-refractivity contribution in [3.05, 3.63) is 90.4 Å². The molecule has 0 radical (unpaired) electrons. The zero-order valence-corrected chi connectivity index (χ0v) is 23.7. The molecule has 4 aromatic heterocycles. The van der Waals surface area contributed by atoms with Gasteiger partial charge in [0.25, 0.3) is 5.56 Å². The number of carboxylic acids is 1. The maximum absolute atomic E-state index is 13.3. The van der Waals surface area contributed by atoms with Crippen LogP contribution in [0.25, 0.3) is 22.5 Å². The van der Waals surface area contributed by atoms with E-state index in [1.165, 1.54) is 6.20 Å². The van der Waals surface area contributed by atoms with E-state index in [9.17, 15) is 18.0 Å². The Bertz CT molecular complexity index is 1850. The largest absolute Gasteiger partial charge is 0.490 e. The first-order valence-corrected chi connectivity index (χ1v) is 13.7. The summed E-state index contributed by atoms with van der Waals surface area (Å²) in [5.41, 5.74) is 1.95. The molecule has 45 heavy (non-hydrogen) atoms. The lowest BCUT2D eigenvalue weighted by atomic mass is 10.1. The number of benzene rings is 1. The molecule has 0 atom stereocenters. The van der Waals surface area contributed by atoms with Crippen molar-refractivity contribution in [2.24, 2.45) is 0 Å². The van der Waals surface area contributed by atoms with Crippen LogP contribution in [-0.2, 0) is 11.3 Å². The van der Waals surface area contributed by atoms with Crippen molar-refractivity contribution in [1.29, 1.82) is 0 Å². The summed E-state index contributed by atoms with van der Waals surface area (Å²) in [7, 11) is 0. The molecule has 5 heterocycles. The molecule has 16 heteroatoms. The van der Waals surface area contributed by atoms with Gasteiger partial charge in [-0.15, -0.1) is 6.58 Å². The Balaban J connectivity index is 0.000000515. The summed E-state index contributed by atoms with van der Waals surface area (Å²) in [6.45, 7) is 5.94. The first kappa shape index (κ1) is 30.9. The van der Waals surface area contributed by atoms with Gasteiger partial charge in [0.15, 0.2) is 11.5 Å². The Kier molecular flexibility index (Phi) is 9.22. The van der Waals surface area contributed by atoms with Gasteiger partial charge < -0.3 is 25.0 Å². The highest BCUT2D eigenvalue weighted by Gasteiger charge is 2.38. The van der Waals surface area contributed by atoms with Crippen molar-refractivity contribution < 1.29 is 27.8 Å². The van der Waals surface area contributed by atoms with E-state index in [2.05, 4.69) is 27.2 Å². The molecule has 0 amide bonds. The number of carbonyl (C=O) groups is 1. The predicted octanol–water partition coefficient (Wildman–Crippen LogP) is 3.86. The normalized spacial score (nSPS) is 13.6. The second kappa shape index (κ2) is 13.4. The van der Waals surface area contributed by atoms with Crippen LogP contribution >= 0.6 is 0 Å². The van der Waals surface area contributed by atoms with Crippen molar-refractivity contribution in [1.82, 2.24) is 39.2 Å². The molecule has 0 unspecified atom stereocenters. The molecule has 3 N–H and O–H groups in total. The summed E-state index contributed by atoms with van der Waals surface area (Å²) in [4.78, 5) is 40.2. The van der Waals surface area contributed by atoms with E-state index in [1.807, 2.05) is 53.2 Å². The maximum Gasteiger partial charge on any atom is 0.490 e. The first-order valence-electron chi connectivity index (χ1n) is 13.7. The molecule has 0 aliphatic carbocycles. The molecule has 0 saturated carbocycles. The van der Waals surface area contributed by atoms with Gasteiger partial charge in [-0.25, -0.2) is 24.1 Å². The summed E-state index contributed by atoms with van der Waals surface area (Å²) in [5, 5.41) is 14.1. The average molecular weight is 624 g/mol. The number of carboxylic acid groups (broad SMARTS) is 1. The monoisotopic (exact) mass is 623 g/mol. The van der Waals surface area contributed by atoms with Crippen LogP contribution in [0.3, 0.4) is 0 Å². The van der Waals surface area contributed by atoms with E-state index in [-0.39, 0.29) is 18.2 Å². The van der Waals surface area contributed by atoms with Crippen molar-refractivity contribution in [2.75, 3.05) is 18.4 Å². The highest BCUT2D eigenvalue weighted by molar-refractivity contribution is 5.77. The number of allylic oxidation sites excluding steroid dienone is 1. The third kappa shape index (κ3) is 7.35. The number of hydrogen-bond acceptors (Lipinski definition) is 9. The number of aromatic nitrogens is 7. The van der Waals surface area contributed by atoms with Gasteiger partial charge in [0.2, 0.25) is 11.8 Å². The highest BCUT2D eigenvalue weighted by Crippen LogP contribution is 2.22. The summed E-state index contributed by atoms with van der Waals surface area (Å²) < 4.78 is 43.0. The van der Waals surface area contributed by atoms with Crippen LogP contribution in [0.4, 0.5) is 24.8 Å². The van der Waals surface area contributed by atoms with Crippen molar-refractivity contribution >= 4 is 28.6 Å². The third-order valence-corrected chi connectivity index (χ3v) is 6.62. The number of aliphatic carboxylic acids is 1. The number of imidazole rings is 1. The lowest BCUT2D eigenvalue weighted by molar-refractivity contribution is -0.192. The van der Waals surface area contributed by atoms with Gasteiger partial charge in [-0.3, -0.25) is 4.79 Å². The van der Waals surface area contributed by atoms with E-state index in [4.69, 9.17) is 24.6 Å². The Hall–Kier alpha value is -5.51. The summed E-state index contributed by atoms with van der Waals surface area (Å²) >= 11 is 0. The molecule has 0 spiro atoms. The standard InChI is InChI=1S/C27H27N9O2.C2HF3O2/c1-2-14-35-26(37)22-17-30-27(31-19-5-3-6-20(16-19)34-15-13-29-18-34)33-25(22)36(35)23-7-4-8-24(32-23)38-21-9-11-28-12-10-21;3-2(4,5)1(6)7/h2-8,13,15-18,21,28H,1,9-12,14H2,(H,30,31,33);(H,6,7). The van der Waals surface area contributed by atoms with E-state index in [1.54, 1.807) is 28.0 Å². The summed E-state index contributed by atoms with van der Waals surface area (Å²) in [5.74, 6) is -1.37. The SMILES string of the molecule is C=CCn1c(=O)c2cnc(Nc3cccc(-n4ccnc4)c3)nc2n1-c1cccc(OC2CCNCC2)n1.O=C(O)C(F)(F)F. The van der Waals surface area contributed by atoms with Gasteiger partial charge in [0.1, 0.15) is 11.5 Å². The fourth-order valence-electron chi connectivity index (χ4n) is 4.57. The molecule has 6 rings (SSSR count). The fraction of sp³-hybridized carbons (Fsp3) is 0.241. The second-order valence-electron chi connectivity index (χ2n) is 9.77. The minimum atomic E-state index is -5.08. The number of nitrogens with zero attached hydrogens (tertiary/aromatic N) is 7. The topological polar surface area (TPSA) is 154 Å².